The lowest BCUT2D eigenvalue weighted by Gasteiger charge is -2.21. The van der Waals surface area contributed by atoms with Crippen LogP contribution in [0.2, 0.25) is 0 Å². The van der Waals surface area contributed by atoms with Crippen LogP contribution in [-0.2, 0) is 4.74 Å². The molecule has 6 nitrogen and oxygen atoms in total. The van der Waals surface area contributed by atoms with Crippen LogP contribution in [0.15, 0.2) is 77.5 Å². The maximum atomic E-state index is 13.2. The lowest BCUT2D eigenvalue weighted by molar-refractivity contribution is 0.327. The monoisotopic (exact) mass is 345 g/mol. The van der Waals surface area contributed by atoms with Gasteiger partial charge in [0.1, 0.15) is 11.7 Å². The molecular formula is C18H24FN5O. The molecule has 134 valence electrons. The molecule has 1 rings (SSSR count). The van der Waals surface area contributed by atoms with Gasteiger partial charge in [-0.3, -0.25) is 5.41 Å². The fourth-order valence-corrected chi connectivity index (χ4v) is 2.06. The first-order chi connectivity index (χ1) is 11.9. The Morgan fingerprint density at radius 1 is 1.56 bits per heavy atom. The summed E-state index contributed by atoms with van der Waals surface area (Å²) in [5.74, 6) is -0.243. The second-order valence-corrected chi connectivity index (χ2v) is 5.20. The molecule has 1 atom stereocenters. The number of halogens is 1. The maximum absolute atomic E-state index is 13.2. The third kappa shape index (κ3) is 6.50. The number of hydrogen-bond acceptors (Lipinski definition) is 5. The number of nitrogens with zero attached hydrogens (tertiary/aromatic N) is 1. The number of aliphatic imine (C=N–C) groups is 1. The summed E-state index contributed by atoms with van der Waals surface area (Å²) in [5, 5.41) is 10.6. The molecule has 7 heteroatoms. The Morgan fingerprint density at radius 3 is 2.80 bits per heavy atom. The van der Waals surface area contributed by atoms with Crippen molar-refractivity contribution in [1.29, 1.82) is 5.41 Å². The summed E-state index contributed by atoms with van der Waals surface area (Å²) in [6.07, 6.45) is 10.9. The molecule has 0 fully saturated rings. The Bertz CT molecular complexity index is 698. The van der Waals surface area contributed by atoms with E-state index in [-0.39, 0.29) is 23.5 Å². The quantitative estimate of drug-likeness (QED) is 0.323. The number of rotatable bonds is 7. The molecule has 6 N–H and O–H groups in total. The molecule has 0 aromatic rings. The minimum Gasteiger partial charge on any atom is -0.450 e. The van der Waals surface area contributed by atoms with Gasteiger partial charge in [-0.25, -0.2) is 9.38 Å². The fraction of sp³-hybridized carbons (Fsp3) is 0.222. The highest BCUT2D eigenvalue weighted by Gasteiger charge is 2.19. The Labute approximate surface area is 147 Å². The molecule has 25 heavy (non-hydrogen) atoms. The Balaban J connectivity index is 3.30. The summed E-state index contributed by atoms with van der Waals surface area (Å²) in [7, 11) is 0. The van der Waals surface area contributed by atoms with Crippen LogP contribution in [0, 0.1) is 11.3 Å². The first-order valence-electron chi connectivity index (χ1n) is 7.68. The Morgan fingerprint density at radius 2 is 2.28 bits per heavy atom. The largest absolute Gasteiger partial charge is 0.450 e. The number of nitrogens with two attached hydrogens (primary N) is 2. The summed E-state index contributed by atoms with van der Waals surface area (Å²) in [5.41, 5.74) is 12.9. The fourth-order valence-electron chi connectivity index (χ4n) is 2.06. The van der Waals surface area contributed by atoms with Gasteiger partial charge in [0.15, 0.2) is 5.88 Å². The van der Waals surface area contributed by atoms with Gasteiger partial charge >= 0.3 is 0 Å². The second-order valence-electron chi connectivity index (χ2n) is 5.20. The predicted octanol–water partition coefficient (Wildman–Crippen LogP) is 3.11. The van der Waals surface area contributed by atoms with Crippen molar-refractivity contribution in [3.05, 3.63) is 72.5 Å². The molecule has 0 heterocycles. The van der Waals surface area contributed by atoms with Gasteiger partial charge in [-0.2, -0.15) is 0 Å². The molecule has 0 spiro atoms. The Kier molecular flexibility index (Phi) is 7.92. The van der Waals surface area contributed by atoms with Gasteiger partial charge in [-0.05, 0) is 51.3 Å². The minimum atomic E-state index is -0.300. The van der Waals surface area contributed by atoms with Crippen molar-refractivity contribution in [1.82, 2.24) is 5.32 Å². The SMILES string of the molecule is C=C(NC(C(C=CN)=NC(C)=N)=C(N)C1C=CC(F)=CC1)O/C=C\C. The van der Waals surface area contributed by atoms with Crippen LogP contribution in [0.5, 0.6) is 0 Å². The highest BCUT2D eigenvalue weighted by molar-refractivity contribution is 6.13. The summed E-state index contributed by atoms with van der Waals surface area (Å²) in [6, 6.07) is 0. The molecule has 1 aliphatic rings. The first kappa shape index (κ1) is 20.0. The molecule has 0 aromatic heterocycles. The maximum Gasteiger partial charge on any atom is 0.189 e. The number of amidine groups is 1. The smallest absolute Gasteiger partial charge is 0.189 e. The van der Waals surface area contributed by atoms with Gasteiger partial charge < -0.3 is 21.5 Å². The molecule has 0 saturated carbocycles. The van der Waals surface area contributed by atoms with Gasteiger partial charge in [0.25, 0.3) is 0 Å². The number of nitrogens with one attached hydrogen (secondary N) is 2. The third-order valence-electron chi connectivity index (χ3n) is 3.15. The van der Waals surface area contributed by atoms with E-state index in [1.807, 2.05) is 0 Å². The van der Waals surface area contributed by atoms with Crippen LogP contribution in [0.25, 0.3) is 0 Å². The lowest BCUT2D eigenvalue weighted by Crippen LogP contribution is -2.28. The van der Waals surface area contributed by atoms with Gasteiger partial charge in [0.2, 0.25) is 0 Å². The molecular weight excluding hydrogens is 321 g/mol. The van der Waals surface area contributed by atoms with Crippen LogP contribution >= 0.6 is 0 Å². The Hall–Kier alpha value is -3.09. The van der Waals surface area contributed by atoms with Crippen LogP contribution in [0.3, 0.4) is 0 Å². The van der Waals surface area contributed by atoms with Gasteiger partial charge in [0.05, 0.1) is 17.7 Å². The molecule has 1 unspecified atom stereocenters. The highest BCUT2D eigenvalue weighted by Crippen LogP contribution is 2.23. The lowest BCUT2D eigenvalue weighted by atomic mass is 9.94. The zero-order valence-electron chi connectivity index (χ0n) is 14.4. The molecule has 0 radical (unpaired) electrons. The third-order valence-corrected chi connectivity index (χ3v) is 3.15. The molecule has 0 amide bonds. The average Bonchev–Trinajstić information content (AvgIpc) is 2.57. The average molecular weight is 345 g/mol. The topological polar surface area (TPSA) is 110 Å². The van der Waals surface area contributed by atoms with E-state index >= 15 is 0 Å². The van der Waals surface area contributed by atoms with Crippen LogP contribution in [-0.4, -0.2) is 11.5 Å². The molecule has 0 aliphatic heterocycles. The van der Waals surface area contributed by atoms with Crippen molar-refractivity contribution in [3.8, 4) is 0 Å². The van der Waals surface area contributed by atoms with Crippen molar-refractivity contribution in [3.63, 3.8) is 0 Å². The number of hydrogen-bond donors (Lipinski definition) is 4. The van der Waals surface area contributed by atoms with Crippen LogP contribution in [0.4, 0.5) is 4.39 Å². The van der Waals surface area contributed by atoms with Crippen molar-refractivity contribution < 1.29 is 9.13 Å². The van der Waals surface area contributed by atoms with Gasteiger partial charge in [-0.1, -0.05) is 12.2 Å². The summed E-state index contributed by atoms with van der Waals surface area (Å²) < 4.78 is 18.5. The molecule has 1 aliphatic carbocycles. The highest BCUT2D eigenvalue weighted by atomic mass is 19.1. The van der Waals surface area contributed by atoms with E-state index in [2.05, 4.69) is 16.9 Å². The van der Waals surface area contributed by atoms with Crippen LogP contribution in [0.1, 0.15) is 20.3 Å². The standard InChI is InChI=1S/C18H24FN5O/c1-4-11-25-13(3)24-18(16(9-10-20)23-12(2)21)17(22)14-5-7-15(19)8-6-14/h4-5,7-11,14,21,24H,3,6,20,22H2,1-2H3/b10-9?,11-4-,18-17?,21-12?,23-16?. The molecule has 0 saturated heterocycles. The number of allylic oxidation sites excluding steroid dienone is 6. The first-order valence-corrected chi connectivity index (χ1v) is 7.68. The van der Waals surface area contributed by atoms with E-state index in [9.17, 15) is 4.39 Å². The zero-order valence-corrected chi connectivity index (χ0v) is 14.4. The normalized spacial score (nSPS) is 18.9. The van der Waals surface area contributed by atoms with E-state index in [0.29, 0.717) is 23.5 Å². The molecule has 0 bridgehead atoms. The van der Waals surface area contributed by atoms with Crippen molar-refractivity contribution in [2.75, 3.05) is 0 Å². The summed E-state index contributed by atoms with van der Waals surface area (Å²) >= 11 is 0. The van der Waals surface area contributed by atoms with E-state index in [1.165, 1.54) is 37.6 Å². The van der Waals surface area contributed by atoms with Gasteiger partial charge in [-0.15, -0.1) is 0 Å². The van der Waals surface area contributed by atoms with Crippen LogP contribution < -0.4 is 16.8 Å². The van der Waals surface area contributed by atoms with E-state index in [0.717, 1.165) is 0 Å². The minimum absolute atomic E-state index is 0.0744. The summed E-state index contributed by atoms with van der Waals surface area (Å²) in [6.45, 7) is 7.09. The van der Waals surface area contributed by atoms with Crippen molar-refractivity contribution >= 4 is 11.5 Å². The van der Waals surface area contributed by atoms with E-state index in [4.69, 9.17) is 21.6 Å². The predicted molar refractivity (Wildman–Crippen MR) is 100.0 cm³/mol. The van der Waals surface area contributed by atoms with Crippen molar-refractivity contribution in [2.45, 2.75) is 20.3 Å². The van der Waals surface area contributed by atoms with Gasteiger partial charge in [0, 0.05) is 11.6 Å². The van der Waals surface area contributed by atoms with E-state index in [1.54, 1.807) is 19.1 Å². The number of ether oxygens (including phenoxy) is 1. The second kappa shape index (κ2) is 9.92. The van der Waals surface area contributed by atoms with E-state index < -0.39 is 0 Å². The zero-order chi connectivity index (χ0) is 18.8. The van der Waals surface area contributed by atoms with Crippen molar-refractivity contribution in [2.24, 2.45) is 22.4 Å². The molecule has 0 aromatic carbocycles. The summed E-state index contributed by atoms with van der Waals surface area (Å²) in [4.78, 5) is 4.14.